The molecule has 1 aliphatic rings. The molecule has 0 aliphatic heterocycles. The Balaban J connectivity index is 3.01. The molecular weight excluding hydrogens is 293 g/mol. The molecule has 0 radical (unpaired) electrons. The van der Waals surface area contributed by atoms with E-state index in [4.69, 9.17) is 9.84 Å². The number of carbonyl (C=O) groups is 3. The third-order valence-corrected chi connectivity index (χ3v) is 3.92. The zero-order valence-corrected chi connectivity index (χ0v) is 12.7. The third-order valence-electron chi connectivity index (χ3n) is 3.92. The van der Waals surface area contributed by atoms with Gasteiger partial charge >= 0.3 is 5.97 Å². The average molecular weight is 315 g/mol. The van der Waals surface area contributed by atoms with Gasteiger partial charge in [0.05, 0.1) is 18.1 Å². The van der Waals surface area contributed by atoms with Crippen LogP contribution in [0.5, 0.6) is 0 Å². The Morgan fingerprint density at radius 1 is 1.36 bits per heavy atom. The number of hydrogen-bond donors (Lipinski definition) is 4. The number of ether oxygens (including phenoxy) is 1. The van der Waals surface area contributed by atoms with Crippen molar-refractivity contribution >= 4 is 25.6 Å². The lowest BCUT2D eigenvalue weighted by molar-refractivity contribution is -0.145. The molecule has 1 rings (SSSR count). The first-order valence-corrected chi connectivity index (χ1v) is 7.24. The van der Waals surface area contributed by atoms with Crippen LogP contribution in [0.25, 0.3) is 0 Å². The molecule has 0 spiro atoms. The largest absolute Gasteiger partial charge is 0.481 e. The van der Waals surface area contributed by atoms with Crippen LogP contribution < -0.4 is 5.32 Å². The number of hydrogen-bond acceptors (Lipinski definition) is 6. The molecule has 0 heterocycles. The van der Waals surface area contributed by atoms with Crippen molar-refractivity contribution in [2.45, 2.75) is 44.4 Å². The van der Waals surface area contributed by atoms with Gasteiger partial charge < -0.3 is 25.4 Å². The molecule has 1 saturated carbocycles. The molecule has 0 saturated heterocycles. The van der Waals surface area contributed by atoms with Crippen LogP contribution in [-0.4, -0.2) is 65.8 Å². The summed E-state index contributed by atoms with van der Waals surface area (Å²) in [5, 5.41) is 30.9. The monoisotopic (exact) mass is 315 g/mol. The molecule has 0 unspecified atom stereocenters. The summed E-state index contributed by atoms with van der Waals surface area (Å²) in [6.07, 6.45) is -1.25. The standard InChI is InChI=1S/C13H22BNO7/c1-6(17)15-10(9(18)4-5-16)7-2-3-8(12(19)20)11(7)22-13(14)21/h7-11,16,18H,2-5,14H2,1H3,(H,15,17)(H,19,20)/t7-,8+,9+,10+,11+/m1/s1. The van der Waals surface area contributed by atoms with E-state index in [1.54, 1.807) is 0 Å². The highest BCUT2D eigenvalue weighted by molar-refractivity contribution is 6.55. The fourth-order valence-corrected chi connectivity index (χ4v) is 3.04. The topological polar surface area (TPSA) is 133 Å². The van der Waals surface area contributed by atoms with Crippen molar-refractivity contribution in [3.63, 3.8) is 0 Å². The van der Waals surface area contributed by atoms with Crippen molar-refractivity contribution in [3.8, 4) is 0 Å². The summed E-state index contributed by atoms with van der Waals surface area (Å²) in [6.45, 7) is 1.01. The molecule has 124 valence electrons. The molecule has 0 aromatic heterocycles. The van der Waals surface area contributed by atoms with E-state index in [2.05, 4.69) is 5.32 Å². The highest BCUT2D eigenvalue weighted by Crippen LogP contribution is 2.37. The number of aliphatic carboxylic acids is 1. The van der Waals surface area contributed by atoms with Gasteiger partial charge in [0, 0.05) is 19.4 Å². The van der Waals surface area contributed by atoms with Gasteiger partial charge in [0.2, 0.25) is 19.6 Å². The van der Waals surface area contributed by atoms with E-state index in [-0.39, 0.29) is 18.9 Å². The quantitative estimate of drug-likeness (QED) is 0.419. The fraction of sp³-hybridized carbons (Fsp3) is 0.769. The Morgan fingerprint density at radius 2 is 2.00 bits per heavy atom. The number of amides is 1. The van der Waals surface area contributed by atoms with Gasteiger partial charge in [-0.2, -0.15) is 0 Å². The number of carboxylic acids is 1. The Morgan fingerprint density at radius 3 is 2.45 bits per heavy atom. The molecule has 0 aromatic carbocycles. The van der Waals surface area contributed by atoms with Gasteiger partial charge in [-0.1, -0.05) is 0 Å². The van der Waals surface area contributed by atoms with E-state index in [0.717, 1.165) is 0 Å². The van der Waals surface area contributed by atoms with Crippen molar-refractivity contribution in [3.05, 3.63) is 0 Å². The molecule has 5 atom stereocenters. The summed E-state index contributed by atoms with van der Waals surface area (Å²) in [5.74, 6) is -3.46. The van der Waals surface area contributed by atoms with Gasteiger partial charge in [0.15, 0.2) is 0 Å². The van der Waals surface area contributed by atoms with E-state index in [1.165, 1.54) is 14.8 Å². The van der Waals surface area contributed by atoms with E-state index >= 15 is 0 Å². The third kappa shape index (κ3) is 4.70. The molecule has 1 amide bonds. The first kappa shape index (κ1) is 18.4. The summed E-state index contributed by atoms with van der Waals surface area (Å²) in [5.41, 5.74) is 0. The zero-order valence-electron chi connectivity index (χ0n) is 12.7. The zero-order chi connectivity index (χ0) is 16.9. The van der Waals surface area contributed by atoms with Gasteiger partial charge in [-0.05, 0) is 19.3 Å². The molecule has 4 N–H and O–H groups in total. The van der Waals surface area contributed by atoms with Gasteiger partial charge in [0.1, 0.15) is 6.10 Å². The number of carboxylic acid groups (broad SMARTS) is 1. The molecule has 0 bridgehead atoms. The van der Waals surface area contributed by atoms with Crippen molar-refractivity contribution in [2.75, 3.05) is 6.61 Å². The second-order valence-corrected chi connectivity index (χ2v) is 5.57. The first-order valence-electron chi connectivity index (χ1n) is 7.24. The van der Waals surface area contributed by atoms with E-state index < -0.39 is 41.9 Å². The van der Waals surface area contributed by atoms with Crippen LogP contribution in [0.2, 0.25) is 0 Å². The van der Waals surface area contributed by atoms with Crippen LogP contribution in [-0.2, 0) is 14.3 Å². The Labute approximate surface area is 129 Å². The fourth-order valence-electron chi connectivity index (χ4n) is 3.04. The predicted molar refractivity (Wildman–Crippen MR) is 78.0 cm³/mol. The summed E-state index contributed by atoms with van der Waals surface area (Å²) >= 11 is 0. The summed E-state index contributed by atoms with van der Waals surface area (Å²) in [6, 6.07) is -0.779. The lowest BCUT2D eigenvalue weighted by atomic mass is 9.88. The predicted octanol–water partition coefficient (Wildman–Crippen LogP) is -1.52. The minimum absolute atomic E-state index is 0.0337. The van der Waals surface area contributed by atoms with Crippen molar-refractivity contribution in [1.82, 2.24) is 5.32 Å². The van der Waals surface area contributed by atoms with E-state index in [0.29, 0.717) is 12.8 Å². The molecule has 1 fully saturated rings. The number of aliphatic hydroxyl groups excluding tert-OH is 2. The van der Waals surface area contributed by atoms with Crippen molar-refractivity contribution in [2.24, 2.45) is 11.8 Å². The molecule has 8 nitrogen and oxygen atoms in total. The minimum Gasteiger partial charge on any atom is -0.481 e. The Bertz CT molecular complexity index is 431. The maximum atomic E-state index is 11.4. The summed E-state index contributed by atoms with van der Waals surface area (Å²) in [7, 11) is 1.19. The van der Waals surface area contributed by atoms with Crippen LogP contribution in [0.3, 0.4) is 0 Å². The lowest BCUT2D eigenvalue weighted by Crippen LogP contribution is -2.51. The van der Waals surface area contributed by atoms with Crippen LogP contribution in [0.15, 0.2) is 0 Å². The second kappa shape index (κ2) is 8.14. The number of carbonyl (C=O) groups excluding carboxylic acids is 2. The SMILES string of the molecule is BC(=O)O[C@H]1[C@@H]([C@H](NC(C)=O)[C@@H](O)CCO)CC[C@@H]1C(=O)O. The molecule has 9 heteroatoms. The summed E-state index contributed by atoms with van der Waals surface area (Å²) in [4.78, 5) is 33.9. The van der Waals surface area contributed by atoms with Gasteiger partial charge in [-0.15, -0.1) is 0 Å². The van der Waals surface area contributed by atoms with Gasteiger partial charge in [-0.25, -0.2) is 0 Å². The average Bonchev–Trinajstić information content (AvgIpc) is 2.78. The second-order valence-electron chi connectivity index (χ2n) is 5.57. The van der Waals surface area contributed by atoms with Crippen LogP contribution in [0.4, 0.5) is 4.79 Å². The molecule has 22 heavy (non-hydrogen) atoms. The number of rotatable bonds is 7. The van der Waals surface area contributed by atoms with Crippen LogP contribution in [0.1, 0.15) is 26.2 Å². The Kier molecular flexibility index (Phi) is 6.82. The normalized spacial score (nSPS) is 27.0. The van der Waals surface area contributed by atoms with Gasteiger partial charge in [0.25, 0.3) is 0 Å². The first-order chi connectivity index (χ1) is 10.3. The Hall–Kier alpha value is -1.61. The molecular formula is C13H22BNO7. The highest BCUT2D eigenvalue weighted by Gasteiger charge is 2.47. The lowest BCUT2D eigenvalue weighted by Gasteiger charge is -2.33. The van der Waals surface area contributed by atoms with Crippen LogP contribution >= 0.6 is 0 Å². The summed E-state index contributed by atoms with van der Waals surface area (Å²) < 4.78 is 5.14. The van der Waals surface area contributed by atoms with Gasteiger partial charge in [-0.3, -0.25) is 14.4 Å². The minimum atomic E-state index is -1.08. The maximum Gasteiger partial charge on any atom is 0.310 e. The molecule has 0 aromatic rings. The van der Waals surface area contributed by atoms with Crippen LogP contribution in [0, 0.1) is 11.8 Å². The molecule has 1 aliphatic carbocycles. The van der Waals surface area contributed by atoms with Crippen molar-refractivity contribution in [1.29, 1.82) is 0 Å². The van der Waals surface area contributed by atoms with Crippen molar-refractivity contribution < 1.29 is 34.4 Å². The highest BCUT2D eigenvalue weighted by atomic mass is 16.5. The van der Waals surface area contributed by atoms with E-state index in [9.17, 15) is 24.6 Å². The van der Waals surface area contributed by atoms with E-state index in [1.807, 2.05) is 0 Å². The number of aliphatic hydroxyl groups is 2. The maximum absolute atomic E-state index is 11.4. The smallest absolute Gasteiger partial charge is 0.310 e. The number of nitrogens with one attached hydrogen (secondary N) is 1.